The Kier molecular flexibility index (Phi) is 4.07. The molecule has 0 bridgehead atoms. The minimum absolute atomic E-state index is 0.599. The topological polar surface area (TPSA) is 44.5 Å². The highest BCUT2D eigenvalue weighted by molar-refractivity contribution is 5.46. The van der Waals surface area contributed by atoms with Crippen LogP contribution < -0.4 is 15.2 Å². The van der Waals surface area contributed by atoms with Gasteiger partial charge in [-0.2, -0.15) is 0 Å². The zero-order valence-corrected chi connectivity index (χ0v) is 10.4. The molecule has 0 heterocycles. The average molecular weight is 243 g/mol. The van der Waals surface area contributed by atoms with E-state index in [9.17, 15) is 0 Å². The highest BCUT2D eigenvalue weighted by Crippen LogP contribution is 2.19. The standard InChI is InChI=1S/C15H17NO2/c1-17-13-6-4-7-14(11-13)18-10-9-12-5-2-3-8-15(12)16/h2-8,11H,9-10,16H2,1H3. The summed E-state index contributed by atoms with van der Waals surface area (Å²) in [6.45, 7) is 0.599. The molecule has 0 spiro atoms. The predicted octanol–water partition coefficient (Wildman–Crippen LogP) is 2.90. The number of nitrogen functional groups attached to an aromatic ring is 1. The molecule has 0 aliphatic rings. The van der Waals surface area contributed by atoms with Gasteiger partial charge < -0.3 is 15.2 Å². The molecular weight excluding hydrogens is 226 g/mol. The van der Waals surface area contributed by atoms with Gasteiger partial charge in [0.1, 0.15) is 11.5 Å². The number of ether oxygens (including phenoxy) is 2. The van der Waals surface area contributed by atoms with E-state index in [0.717, 1.165) is 29.2 Å². The maximum atomic E-state index is 5.87. The van der Waals surface area contributed by atoms with Gasteiger partial charge in [0.25, 0.3) is 0 Å². The zero-order valence-electron chi connectivity index (χ0n) is 10.4. The molecule has 2 rings (SSSR count). The second kappa shape index (κ2) is 5.96. The molecule has 18 heavy (non-hydrogen) atoms. The fourth-order valence-corrected chi connectivity index (χ4v) is 1.73. The van der Waals surface area contributed by atoms with E-state index in [1.165, 1.54) is 0 Å². The van der Waals surface area contributed by atoms with E-state index >= 15 is 0 Å². The van der Waals surface area contributed by atoms with Crippen molar-refractivity contribution in [2.45, 2.75) is 6.42 Å². The molecule has 2 aromatic rings. The van der Waals surface area contributed by atoms with Crippen molar-refractivity contribution in [2.24, 2.45) is 0 Å². The van der Waals surface area contributed by atoms with Crippen molar-refractivity contribution in [1.82, 2.24) is 0 Å². The van der Waals surface area contributed by atoms with E-state index in [4.69, 9.17) is 15.2 Å². The van der Waals surface area contributed by atoms with Crippen molar-refractivity contribution in [3.8, 4) is 11.5 Å². The molecule has 0 fully saturated rings. The molecular formula is C15H17NO2. The molecule has 0 aliphatic carbocycles. The summed E-state index contributed by atoms with van der Waals surface area (Å²) in [5, 5.41) is 0. The van der Waals surface area contributed by atoms with Gasteiger partial charge in [-0.05, 0) is 23.8 Å². The third-order valence-electron chi connectivity index (χ3n) is 2.74. The Bertz CT molecular complexity index is 511. The van der Waals surface area contributed by atoms with E-state index < -0.39 is 0 Å². The average Bonchev–Trinajstić information content (AvgIpc) is 2.41. The first-order valence-corrected chi connectivity index (χ1v) is 5.90. The van der Waals surface area contributed by atoms with Gasteiger partial charge in [-0.15, -0.1) is 0 Å². The van der Waals surface area contributed by atoms with E-state index in [-0.39, 0.29) is 0 Å². The summed E-state index contributed by atoms with van der Waals surface area (Å²) in [4.78, 5) is 0. The molecule has 3 nitrogen and oxygen atoms in total. The van der Waals surface area contributed by atoms with Crippen molar-refractivity contribution in [1.29, 1.82) is 0 Å². The molecule has 0 amide bonds. The summed E-state index contributed by atoms with van der Waals surface area (Å²) in [6, 6.07) is 15.4. The number of para-hydroxylation sites is 1. The van der Waals surface area contributed by atoms with Gasteiger partial charge in [0.2, 0.25) is 0 Å². The van der Waals surface area contributed by atoms with Crippen LogP contribution >= 0.6 is 0 Å². The van der Waals surface area contributed by atoms with Gasteiger partial charge in [0, 0.05) is 18.2 Å². The van der Waals surface area contributed by atoms with Gasteiger partial charge in [-0.1, -0.05) is 24.3 Å². The van der Waals surface area contributed by atoms with Gasteiger partial charge in [-0.3, -0.25) is 0 Å². The van der Waals surface area contributed by atoms with Crippen LogP contribution in [0.2, 0.25) is 0 Å². The molecule has 0 saturated heterocycles. The lowest BCUT2D eigenvalue weighted by atomic mass is 10.1. The van der Waals surface area contributed by atoms with Gasteiger partial charge in [0.05, 0.1) is 13.7 Å². The Labute approximate surface area is 107 Å². The number of anilines is 1. The lowest BCUT2D eigenvalue weighted by Gasteiger charge is -2.09. The van der Waals surface area contributed by atoms with Crippen molar-refractivity contribution in [3.63, 3.8) is 0 Å². The van der Waals surface area contributed by atoms with Crippen LogP contribution in [0, 0.1) is 0 Å². The van der Waals surface area contributed by atoms with Crippen LogP contribution in [0.3, 0.4) is 0 Å². The molecule has 94 valence electrons. The number of rotatable bonds is 5. The van der Waals surface area contributed by atoms with Crippen LogP contribution in [0.4, 0.5) is 5.69 Å². The highest BCUT2D eigenvalue weighted by atomic mass is 16.5. The Morgan fingerprint density at radius 1 is 1.00 bits per heavy atom. The van der Waals surface area contributed by atoms with Crippen molar-refractivity contribution in [3.05, 3.63) is 54.1 Å². The van der Waals surface area contributed by atoms with E-state index in [1.54, 1.807) is 7.11 Å². The Hall–Kier alpha value is -2.16. The van der Waals surface area contributed by atoms with Crippen molar-refractivity contribution >= 4 is 5.69 Å². The first kappa shape index (κ1) is 12.3. The second-order valence-corrected chi connectivity index (χ2v) is 3.98. The van der Waals surface area contributed by atoms with Crippen LogP contribution in [-0.2, 0) is 6.42 Å². The molecule has 0 unspecified atom stereocenters. The fraction of sp³-hybridized carbons (Fsp3) is 0.200. The zero-order chi connectivity index (χ0) is 12.8. The van der Waals surface area contributed by atoms with Gasteiger partial charge in [0.15, 0.2) is 0 Å². The summed E-state index contributed by atoms with van der Waals surface area (Å²) < 4.78 is 10.8. The van der Waals surface area contributed by atoms with Crippen LogP contribution in [0.25, 0.3) is 0 Å². The molecule has 3 heteroatoms. The molecule has 0 radical (unpaired) electrons. The summed E-state index contributed by atoms with van der Waals surface area (Å²) >= 11 is 0. The molecule has 2 aromatic carbocycles. The normalized spacial score (nSPS) is 10.1. The molecule has 2 N–H and O–H groups in total. The van der Waals surface area contributed by atoms with Crippen LogP contribution in [-0.4, -0.2) is 13.7 Å². The third-order valence-corrected chi connectivity index (χ3v) is 2.74. The Balaban J connectivity index is 1.90. The second-order valence-electron chi connectivity index (χ2n) is 3.98. The number of nitrogens with two attached hydrogens (primary N) is 1. The summed E-state index contributed by atoms with van der Waals surface area (Å²) in [5.41, 5.74) is 7.79. The monoisotopic (exact) mass is 243 g/mol. The maximum absolute atomic E-state index is 5.87. The largest absolute Gasteiger partial charge is 0.497 e. The van der Waals surface area contributed by atoms with Crippen LogP contribution in [0.1, 0.15) is 5.56 Å². The highest BCUT2D eigenvalue weighted by Gasteiger charge is 2.00. The fourth-order valence-electron chi connectivity index (χ4n) is 1.73. The van der Waals surface area contributed by atoms with Gasteiger partial charge in [-0.25, -0.2) is 0 Å². The molecule has 0 saturated carbocycles. The number of methoxy groups -OCH3 is 1. The minimum Gasteiger partial charge on any atom is -0.497 e. The lowest BCUT2D eigenvalue weighted by molar-refractivity contribution is 0.319. The number of hydrogen-bond acceptors (Lipinski definition) is 3. The van der Waals surface area contributed by atoms with E-state index in [0.29, 0.717) is 6.61 Å². The molecule has 0 aromatic heterocycles. The lowest BCUT2D eigenvalue weighted by Crippen LogP contribution is -2.03. The molecule has 0 aliphatic heterocycles. The van der Waals surface area contributed by atoms with Gasteiger partial charge >= 0.3 is 0 Å². The summed E-state index contributed by atoms with van der Waals surface area (Å²) in [6.07, 6.45) is 0.796. The first-order valence-electron chi connectivity index (χ1n) is 5.90. The quantitative estimate of drug-likeness (QED) is 0.821. The van der Waals surface area contributed by atoms with E-state index in [2.05, 4.69) is 0 Å². The summed E-state index contributed by atoms with van der Waals surface area (Å²) in [5.74, 6) is 1.61. The molecule has 0 atom stereocenters. The van der Waals surface area contributed by atoms with E-state index in [1.807, 2.05) is 48.5 Å². The first-order chi connectivity index (χ1) is 8.79. The predicted molar refractivity (Wildman–Crippen MR) is 73.0 cm³/mol. The number of benzene rings is 2. The maximum Gasteiger partial charge on any atom is 0.122 e. The third kappa shape index (κ3) is 3.17. The van der Waals surface area contributed by atoms with Crippen LogP contribution in [0.15, 0.2) is 48.5 Å². The Morgan fingerprint density at radius 3 is 2.56 bits per heavy atom. The summed E-state index contributed by atoms with van der Waals surface area (Å²) in [7, 11) is 1.64. The SMILES string of the molecule is COc1cccc(OCCc2ccccc2N)c1. The van der Waals surface area contributed by atoms with Crippen molar-refractivity contribution in [2.75, 3.05) is 19.5 Å². The van der Waals surface area contributed by atoms with Crippen molar-refractivity contribution < 1.29 is 9.47 Å². The number of hydrogen-bond donors (Lipinski definition) is 1. The Morgan fingerprint density at radius 2 is 1.78 bits per heavy atom. The smallest absolute Gasteiger partial charge is 0.122 e. The minimum atomic E-state index is 0.599. The van der Waals surface area contributed by atoms with Crippen LogP contribution in [0.5, 0.6) is 11.5 Å².